The number of nitrogens with zero attached hydrogens (tertiary/aromatic N) is 3. The third kappa shape index (κ3) is 5.49. The third-order valence-electron chi connectivity index (χ3n) is 2.57. The van der Waals surface area contributed by atoms with Gasteiger partial charge >= 0.3 is 0 Å². The summed E-state index contributed by atoms with van der Waals surface area (Å²) in [5, 5.41) is 7.61. The van der Waals surface area contributed by atoms with Crippen LogP contribution in [0.5, 0.6) is 0 Å². The van der Waals surface area contributed by atoms with Crippen LogP contribution in [0, 0.1) is 0 Å². The van der Waals surface area contributed by atoms with E-state index in [0.717, 1.165) is 31.6 Å². The number of hydrogen-bond acceptors (Lipinski definition) is 3. The Morgan fingerprint density at radius 2 is 2.24 bits per heavy atom. The predicted molar refractivity (Wildman–Crippen MR) is 67.7 cm³/mol. The molecule has 5 nitrogen and oxygen atoms in total. The Labute approximate surface area is 103 Å². The quantitative estimate of drug-likeness (QED) is 0.700. The molecule has 17 heavy (non-hydrogen) atoms. The van der Waals surface area contributed by atoms with Gasteiger partial charge in [-0.25, -0.2) is 0 Å². The van der Waals surface area contributed by atoms with Crippen molar-refractivity contribution in [2.24, 2.45) is 7.05 Å². The van der Waals surface area contributed by atoms with E-state index in [0.29, 0.717) is 6.42 Å². The second kappa shape index (κ2) is 7.06. The normalized spacial score (nSPS) is 10.5. The van der Waals surface area contributed by atoms with E-state index in [1.54, 1.807) is 19.0 Å². The first-order valence-corrected chi connectivity index (χ1v) is 5.99. The van der Waals surface area contributed by atoms with Crippen molar-refractivity contribution in [2.75, 3.05) is 27.2 Å². The van der Waals surface area contributed by atoms with E-state index < -0.39 is 0 Å². The Hall–Kier alpha value is -1.36. The molecular weight excluding hydrogens is 216 g/mol. The summed E-state index contributed by atoms with van der Waals surface area (Å²) >= 11 is 0. The first kappa shape index (κ1) is 13.7. The maximum Gasteiger partial charge on any atom is 0.222 e. The summed E-state index contributed by atoms with van der Waals surface area (Å²) in [7, 11) is 5.50. The molecule has 0 aliphatic rings. The summed E-state index contributed by atoms with van der Waals surface area (Å²) in [5.74, 6) is 0.191. The van der Waals surface area contributed by atoms with Crippen LogP contribution in [0.1, 0.15) is 18.5 Å². The lowest BCUT2D eigenvalue weighted by Crippen LogP contribution is -2.24. The molecule has 0 spiro atoms. The zero-order valence-corrected chi connectivity index (χ0v) is 10.9. The molecular formula is C12H22N4O. The highest BCUT2D eigenvalue weighted by Crippen LogP contribution is 1.95. The van der Waals surface area contributed by atoms with Crippen molar-refractivity contribution < 1.29 is 4.79 Å². The van der Waals surface area contributed by atoms with E-state index in [9.17, 15) is 4.79 Å². The van der Waals surface area contributed by atoms with E-state index in [4.69, 9.17) is 0 Å². The molecule has 0 atom stereocenters. The van der Waals surface area contributed by atoms with E-state index >= 15 is 0 Å². The maximum atomic E-state index is 11.3. The molecule has 96 valence electrons. The van der Waals surface area contributed by atoms with Crippen LogP contribution >= 0.6 is 0 Å². The second-order valence-electron chi connectivity index (χ2n) is 4.37. The predicted octanol–water partition coefficient (Wildman–Crippen LogP) is 0.421. The third-order valence-corrected chi connectivity index (χ3v) is 2.57. The molecule has 1 N–H and O–H groups in total. The minimum absolute atomic E-state index is 0.191. The average molecular weight is 238 g/mol. The van der Waals surface area contributed by atoms with E-state index in [1.165, 1.54) is 0 Å². The van der Waals surface area contributed by atoms with Gasteiger partial charge in [0.1, 0.15) is 0 Å². The lowest BCUT2D eigenvalue weighted by molar-refractivity contribution is -0.128. The number of carbonyl (C=O) groups excluding carboxylic acids is 1. The number of hydrogen-bond donors (Lipinski definition) is 1. The van der Waals surface area contributed by atoms with E-state index in [-0.39, 0.29) is 5.91 Å². The van der Waals surface area contributed by atoms with Crippen molar-refractivity contribution in [1.82, 2.24) is 20.0 Å². The number of rotatable bonds is 7. The van der Waals surface area contributed by atoms with Gasteiger partial charge in [-0.1, -0.05) is 0 Å². The Bertz CT molecular complexity index is 346. The summed E-state index contributed by atoms with van der Waals surface area (Å²) in [5.41, 5.74) is 1.10. The number of nitrogens with one attached hydrogen (secondary N) is 1. The maximum absolute atomic E-state index is 11.3. The highest BCUT2D eigenvalue weighted by atomic mass is 16.2. The van der Waals surface area contributed by atoms with Crippen LogP contribution in [-0.4, -0.2) is 47.8 Å². The van der Waals surface area contributed by atoms with Crippen molar-refractivity contribution in [2.45, 2.75) is 19.3 Å². The topological polar surface area (TPSA) is 50.2 Å². The van der Waals surface area contributed by atoms with E-state index in [2.05, 4.69) is 10.4 Å². The number of aromatic nitrogens is 2. The van der Waals surface area contributed by atoms with Gasteiger partial charge in [0.05, 0.1) is 5.69 Å². The smallest absolute Gasteiger partial charge is 0.222 e. The Morgan fingerprint density at radius 3 is 2.82 bits per heavy atom. The lowest BCUT2D eigenvalue weighted by atomic mass is 10.2. The number of amides is 1. The van der Waals surface area contributed by atoms with Gasteiger partial charge in [0.2, 0.25) is 5.91 Å². The van der Waals surface area contributed by atoms with Gasteiger partial charge in [0.25, 0.3) is 0 Å². The van der Waals surface area contributed by atoms with Crippen LogP contribution in [0.15, 0.2) is 12.3 Å². The highest BCUT2D eigenvalue weighted by Gasteiger charge is 2.02. The molecule has 0 radical (unpaired) electrons. The molecule has 0 aliphatic heterocycles. The molecule has 0 saturated carbocycles. The van der Waals surface area contributed by atoms with Crippen LogP contribution in [0.25, 0.3) is 0 Å². The SMILES string of the molecule is CN(C)C(=O)CCCNCCc1ccn(C)n1. The molecule has 1 aromatic rings. The fourth-order valence-corrected chi connectivity index (χ4v) is 1.53. The zero-order valence-electron chi connectivity index (χ0n) is 10.9. The van der Waals surface area contributed by atoms with Gasteiger partial charge < -0.3 is 10.2 Å². The average Bonchev–Trinajstić information content (AvgIpc) is 2.68. The Balaban J connectivity index is 2.00. The van der Waals surface area contributed by atoms with Crippen LogP contribution in [-0.2, 0) is 18.3 Å². The van der Waals surface area contributed by atoms with Gasteiger partial charge in [0, 0.05) is 46.7 Å². The first-order chi connectivity index (χ1) is 8.09. The number of carbonyl (C=O) groups is 1. The summed E-state index contributed by atoms with van der Waals surface area (Å²) < 4.78 is 1.81. The summed E-state index contributed by atoms with van der Waals surface area (Å²) in [6.07, 6.45) is 4.39. The van der Waals surface area contributed by atoms with Gasteiger partial charge in [-0.2, -0.15) is 5.10 Å². The summed E-state index contributed by atoms with van der Waals surface area (Å²) in [6, 6.07) is 2.03. The fraction of sp³-hybridized carbons (Fsp3) is 0.667. The highest BCUT2D eigenvalue weighted by molar-refractivity contribution is 5.75. The van der Waals surface area contributed by atoms with Gasteiger partial charge in [-0.3, -0.25) is 9.48 Å². The zero-order chi connectivity index (χ0) is 12.7. The molecule has 1 amide bonds. The molecule has 0 aliphatic carbocycles. The molecule has 5 heteroatoms. The molecule has 0 bridgehead atoms. The molecule has 0 aromatic carbocycles. The van der Waals surface area contributed by atoms with Gasteiger partial charge in [-0.05, 0) is 19.0 Å². The van der Waals surface area contributed by atoms with Gasteiger partial charge in [-0.15, -0.1) is 0 Å². The lowest BCUT2D eigenvalue weighted by Gasteiger charge is -2.09. The molecule has 0 saturated heterocycles. The standard InChI is InChI=1S/C12H22N4O/c1-15(2)12(17)5-4-8-13-9-6-11-7-10-16(3)14-11/h7,10,13H,4-6,8-9H2,1-3H3. The Kier molecular flexibility index (Phi) is 5.69. The van der Waals surface area contributed by atoms with Crippen molar-refractivity contribution in [1.29, 1.82) is 0 Å². The van der Waals surface area contributed by atoms with Crippen LogP contribution in [0.2, 0.25) is 0 Å². The molecule has 1 aromatic heterocycles. The summed E-state index contributed by atoms with van der Waals surface area (Å²) in [4.78, 5) is 12.9. The van der Waals surface area contributed by atoms with Crippen molar-refractivity contribution in [3.63, 3.8) is 0 Å². The fourth-order valence-electron chi connectivity index (χ4n) is 1.53. The Morgan fingerprint density at radius 1 is 1.47 bits per heavy atom. The van der Waals surface area contributed by atoms with Crippen LogP contribution in [0.3, 0.4) is 0 Å². The monoisotopic (exact) mass is 238 g/mol. The van der Waals surface area contributed by atoms with Crippen LogP contribution < -0.4 is 5.32 Å². The largest absolute Gasteiger partial charge is 0.349 e. The van der Waals surface area contributed by atoms with Gasteiger partial charge in [0.15, 0.2) is 0 Å². The minimum Gasteiger partial charge on any atom is -0.349 e. The molecule has 1 rings (SSSR count). The molecule has 1 heterocycles. The van der Waals surface area contributed by atoms with Crippen LogP contribution in [0.4, 0.5) is 0 Å². The molecule has 0 fully saturated rings. The summed E-state index contributed by atoms with van der Waals surface area (Å²) in [6.45, 7) is 1.79. The van der Waals surface area contributed by atoms with Crippen molar-refractivity contribution in [3.05, 3.63) is 18.0 Å². The minimum atomic E-state index is 0.191. The van der Waals surface area contributed by atoms with E-state index in [1.807, 2.05) is 24.0 Å². The first-order valence-electron chi connectivity index (χ1n) is 5.99. The van der Waals surface area contributed by atoms with Crippen molar-refractivity contribution in [3.8, 4) is 0 Å². The van der Waals surface area contributed by atoms with Crippen molar-refractivity contribution >= 4 is 5.91 Å². The second-order valence-corrected chi connectivity index (χ2v) is 4.37. The number of aryl methyl sites for hydroxylation is 1. The molecule has 0 unspecified atom stereocenters.